The van der Waals surface area contributed by atoms with Crippen molar-refractivity contribution in [2.75, 3.05) is 39.8 Å². The van der Waals surface area contributed by atoms with Crippen LogP contribution in [0.2, 0.25) is 10.0 Å². The van der Waals surface area contributed by atoms with Gasteiger partial charge < -0.3 is 20.3 Å². The lowest BCUT2D eigenvalue weighted by Gasteiger charge is -2.42. The number of rotatable bonds is 6. The maximum absolute atomic E-state index is 13.2. The highest BCUT2D eigenvalue weighted by Crippen LogP contribution is 2.36. The van der Waals surface area contributed by atoms with Gasteiger partial charge in [0.25, 0.3) is 0 Å². The third-order valence-corrected chi connectivity index (χ3v) is 6.67. The van der Waals surface area contributed by atoms with Crippen LogP contribution in [0.15, 0.2) is 29.5 Å². The summed E-state index contributed by atoms with van der Waals surface area (Å²) in [5.74, 6) is -0.520. The van der Waals surface area contributed by atoms with Crippen LogP contribution < -0.4 is 10.6 Å². The standard InChI is InChI=1S/C24H33Cl2N5O4/c1-6-35-22(32)20-19(13-30-9-10-31(15(4)12-30)24(34)27-14(2)3)29(5)23(33)28-21(20)17-8-7-16(25)11-18(17)26/h7-8,11,14-15,21H,6,9-10,12-13H2,1-5H3,(H,27,34)(H,28,33)/t15-,21-/m0/s1. The van der Waals surface area contributed by atoms with Crippen molar-refractivity contribution in [2.45, 2.75) is 45.8 Å². The lowest BCUT2D eigenvalue weighted by atomic mass is 9.94. The van der Waals surface area contributed by atoms with Gasteiger partial charge >= 0.3 is 18.0 Å². The first-order chi connectivity index (χ1) is 16.5. The number of nitrogens with zero attached hydrogens (tertiary/aromatic N) is 3. The van der Waals surface area contributed by atoms with Crippen molar-refractivity contribution in [1.29, 1.82) is 0 Å². The Balaban J connectivity index is 1.93. The highest BCUT2D eigenvalue weighted by atomic mass is 35.5. The molecule has 2 atom stereocenters. The van der Waals surface area contributed by atoms with E-state index in [1.54, 1.807) is 32.2 Å². The van der Waals surface area contributed by atoms with Gasteiger partial charge in [0.2, 0.25) is 0 Å². The molecule has 2 heterocycles. The predicted octanol–water partition coefficient (Wildman–Crippen LogP) is 3.63. The second-order valence-corrected chi connectivity index (χ2v) is 9.91. The topological polar surface area (TPSA) is 94.2 Å². The Morgan fingerprint density at radius 2 is 1.97 bits per heavy atom. The molecular weight excluding hydrogens is 493 g/mol. The van der Waals surface area contributed by atoms with Crippen molar-refractivity contribution in [1.82, 2.24) is 25.3 Å². The molecule has 2 aliphatic heterocycles. The first-order valence-electron chi connectivity index (χ1n) is 11.7. The molecule has 0 bridgehead atoms. The van der Waals surface area contributed by atoms with Gasteiger partial charge in [-0.1, -0.05) is 29.3 Å². The number of benzene rings is 1. The molecule has 0 radical (unpaired) electrons. The minimum absolute atomic E-state index is 0.0432. The van der Waals surface area contributed by atoms with E-state index in [2.05, 4.69) is 15.5 Å². The molecule has 0 unspecified atom stereocenters. The number of piperazine rings is 1. The molecule has 9 nitrogen and oxygen atoms in total. The summed E-state index contributed by atoms with van der Waals surface area (Å²) in [6.07, 6.45) is 0. The fourth-order valence-corrected chi connectivity index (χ4v) is 4.90. The highest BCUT2D eigenvalue weighted by Gasteiger charge is 2.39. The van der Waals surface area contributed by atoms with Crippen LogP contribution in [0.1, 0.15) is 39.3 Å². The number of nitrogens with one attached hydrogen (secondary N) is 2. The lowest BCUT2D eigenvalue weighted by Crippen LogP contribution is -2.58. The molecule has 2 N–H and O–H groups in total. The number of amides is 4. The van der Waals surface area contributed by atoms with Crippen LogP contribution in [0, 0.1) is 0 Å². The number of likely N-dealkylation sites (N-methyl/N-ethyl adjacent to an activating group) is 1. The van der Waals surface area contributed by atoms with Crippen LogP contribution in [-0.2, 0) is 9.53 Å². The second-order valence-electron chi connectivity index (χ2n) is 9.07. The highest BCUT2D eigenvalue weighted by molar-refractivity contribution is 6.35. The largest absolute Gasteiger partial charge is 0.463 e. The first-order valence-corrected chi connectivity index (χ1v) is 12.5. The van der Waals surface area contributed by atoms with E-state index in [-0.39, 0.29) is 30.8 Å². The molecule has 11 heteroatoms. The molecule has 1 fully saturated rings. The fourth-order valence-electron chi connectivity index (χ4n) is 4.39. The third-order valence-electron chi connectivity index (χ3n) is 6.10. The van der Waals surface area contributed by atoms with Gasteiger partial charge in [-0.15, -0.1) is 0 Å². The minimum Gasteiger partial charge on any atom is -0.463 e. The third kappa shape index (κ3) is 6.20. The molecule has 3 rings (SSSR count). The zero-order valence-electron chi connectivity index (χ0n) is 20.7. The number of esters is 1. The molecule has 192 valence electrons. The fraction of sp³-hybridized carbons (Fsp3) is 0.542. The Kier molecular flexibility index (Phi) is 8.90. The predicted molar refractivity (Wildman–Crippen MR) is 135 cm³/mol. The Hall–Kier alpha value is -2.49. The van der Waals surface area contributed by atoms with Gasteiger partial charge in [-0.05, 0) is 45.4 Å². The smallest absolute Gasteiger partial charge is 0.338 e. The van der Waals surface area contributed by atoms with Crippen LogP contribution in [0.5, 0.6) is 0 Å². The number of hydrogen-bond acceptors (Lipinski definition) is 5. The minimum atomic E-state index is -0.784. The van der Waals surface area contributed by atoms with Gasteiger partial charge in [0.15, 0.2) is 0 Å². The van der Waals surface area contributed by atoms with Gasteiger partial charge in [-0.25, -0.2) is 14.4 Å². The summed E-state index contributed by atoms with van der Waals surface area (Å²) in [5, 5.41) is 6.60. The molecule has 1 saturated heterocycles. The zero-order valence-corrected chi connectivity index (χ0v) is 22.2. The molecule has 2 aliphatic rings. The number of carbonyl (C=O) groups excluding carboxylic acids is 3. The normalized spacial score (nSPS) is 21.3. The van der Waals surface area contributed by atoms with Crippen molar-refractivity contribution in [3.8, 4) is 0 Å². The van der Waals surface area contributed by atoms with Crippen LogP contribution >= 0.6 is 23.2 Å². The monoisotopic (exact) mass is 525 g/mol. The molecule has 0 aromatic heterocycles. The Morgan fingerprint density at radius 3 is 2.57 bits per heavy atom. The average Bonchev–Trinajstić information content (AvgIpc) is 2.76. The van der Waals surface area contributed by atoms with Crippen LogP contribution in [0.3, 0.4) is 0 Å². The summed E-state index contributed by atoms with van der Waals surface area (Å²) in [6, 6.07) is 3.72. The van der Waals surface area contributed by atoms with E-state index in [1.807, 2.05) is 25.7 Å². The average molecular weight is 526 g/mol. The van der Waals surface area contributed by atoms with E-state index in [0.29, 0.717) is 53.1 Å². The van der Waals surface area contributed by atoms with Gasteiger partial charge in [0.1, 0.15) is 0 Å². The zero-order chi connectivity index (χ0) is 25.9. The molecule has 1 aromatic rings. The molecular formula is C24H33Cl2N5O4. The molecule has 4 amide bonds. The van der Waals surface area contributed by atoms with Crippen molar-refractivity contribution < 1.29 is 19.1 Å². The van der Waals surface area contributed by atoms with E-state index in [0.717, 1.165) is 0 Å². The Labute approximate surface area is 216 Å². The number of hydrogen-bond donors (Lipinski definition) is 2. The van der Waals surface area contributed by atoms with E-state index >= 15 is 0 Å². The Bertz CT molecular complexity index is 1020. The SMILES string of the molecule is CCOC(=O)C1=C(CN2CCN(C(=O)NC(C)C)[C@@H](C)C2)N(C)C(=O)N[C@H]1c1ccc(Cl)cc1Cl. The van der Waals surface area contributed by atoms with Crippen LogP contribution in [-0.4, -0.2) is 84.6 Å². The number of ether oxygens (including phenoxy) is 1. The number of urea groups is 2. The van der Waals surface area contributed by atoms with Crippen molar-refractivity contribution in [3.63, 3.8) is 0 Å². The summed E-state index contributed by atoms with van der Waals surface area (Å²) in [5.41, 5.74) is 1.42. The summed E-state index contributed by atoms with van der Waals surface area (Å²) in [6.45, 7) is 9.81. The second kappa shape index (κ2) is 11.5. The maximum atomic E-state index is 13.2. The van der Waals surface area contributed by atoms with Gasteiger partial charge in [0.05, 0.1) is 18.2 Å². The Morgan fingerprint density at radius 1 is 1.26 bits per heavy atom. The molecule has 0 aliphatic carbocycles. The van der Waals surface area contributed by atoms with Crippen molar-refractivity contribution in [3.05, 3.63) is 45.1 Å². The van der Waals surface area contributed by atoms with E-state index in [4.69, 9.17) is 27.9 Å². The van der Waals surface area contributed by atoms with E-state index < -0.39 is 12.0 Å². The number of halogens is 2. The quantitative estimate of drug-likeness (QED) is 0.553. The lowest BCUT2D eigenvalue weighted by molar-refractivity contribution is -0.139. The summed E-state index contributed by atoms with van der Waals surface area (Å²) in [7, 11) is 1.62. The van der Waals surface area contributed by atoms with Crippen LogP contribution in [0.25, 0.3) is 0 Å². The number of carbonyl (C=O) groups is 3. The molecule has 0 spiro atoms. The van der Waals surface area contributed by atoms with Crippen molar-refractivity contribution in [2.24, 2.45) is 0 Å². The van der Waals surface area contributed by atoms with Gasteiger partial charge in [-0.3, -0.25) is 9.80 Å². The molecule has 0 saturated carbocycles. The summed E-state index contributed by atoms with van der Waals surface area (Å²) in [4.78, 5) is 44.0. The first kappa shape index (κ1) is 27.1. The maximum Gasteiger partial charge on any atom is 0.338 e. The molecule has 1 aromatic carbocycles. The molecule has 35 heavy (non-hydrogen) atoms. The summed E-state index contributed by atoms with van der Waals surface area (Å²) >= 11 is 12.5. The van der Waals surface area contributed by atoms with Crippen LogP contribution in [0.4, 0.5) is 9.59 Å². The summed E-state index contributed by atoms with van der Waals surface area (Å²) < 4.78 is 5.38. The van der Waals surface area contributed by atoms with E-state index in [9.17, 15) is 14.4 Å². The van der Waals surface area contributed by atoms with Gasteiger partial charge in [-0.2, -0.15) is 0 Å². The van der Waals surface area contributed by atoms with E-state index in [1.165, 1.54) is 4.90 Å². The van der Waals surface area contributed by atoms with Gasteiger partial charge in [0, 0.05) is 61.1 Å². The van der Waals surface area contributed by atoms with Crippen molar-refractivity contribution >= 4 is 41.2 Å².